The molecule has 8 heteroatoms. The molecular formula is C34H31FN4O2S. The molecule has 0 bridgehead atoms. The Bertz CT molecular complexity index is 1810. The fourth-order valence-electron chi connectivity index (χ4n) is 5.17. The lowest BCUT2D eigenvalue weighted by Gasteiger charge is -2.20. The highest BCUT2D eigenvalue weighted by Crippen LogP contribution is 2.39. The van der Waals surface area contributed by atoms with Gasteiger partial charge in [-0.25, -0.2) is 4.39 Å². The average molecular weight is 579 g/mol. The van der Waals surface area contributed by atoms with E-state index in [0.29, 0.717) is 18.7 Å². The number of thiophene rings is 1. The van der Waals surface area contributed by atoms with Crippen molar-refractivity contribution in [3.05, 3.63) is 101 Å². The first-order valence-corrected chi connectivity index (χ1v) is 14.9. The van der Waals surface area contributed by atoms with E-state index in [4.69, 9.17) is 9.73 Å². The van der Waals surface area contributed by atoms with E-state index in [2.05, 4.69) is 42.0 Å². The van der Waals surface area contributed by atoms with Crippen molar-refractivity contribution in [2.24, 2.45) is 4.99 Å². The Morgan fingerprint density at radius 2 is 1.88 bits per heavy atom. The van der Waals surface area contributed by atoms with Crippen LogP contribution in [0.5, 0.6) is 11.5 Å². The van der Waals surface area contributed by atoms with Gasteiger partial charge < -0.3 is 9.64 Å². The highest BCUT2D eigenvalue weighted by atomic mass is 32.1. The third-order valence-electron chi connectivity index (χ3n) is 7.30. The predicted octanol–water partition coefficient (Wildman–Crippen LogP) is 8.23. The Kier molecular flexibility index (Phi) is 7.80. The van der Waals surface area contributed by atoms with Crippen molar-refractivity contribution in [1.82, 2.24) is 14.9 Å². The topological polar surface area (TPSA) is 67.7 Å². The summed E-state index contributed by atoms with van der Waals surface area (Å²) < 4.78 is 22.1. The van der Waals surface area contributed by atoms with Gasteiger partial charge in [0.15, 0.2) is 11.6 Å². The lowest BCUT2D eigenvalue weighted by atomic mass is 10.0. The number of pyridine rings is 2. The number of aliphatic imine (C=N–C) groups is 1. The van der Waals surface area contributed by atoms with E-state index in [1.54, 1.807) is 25.3 Å². The van der Waals surface area contributed by atoms with E-state index >= 15 is 4.39 Å². The first-order chi connectivity index (χ1) is 20.4. The summed E-state index contributed by atoms with van der Waals surface area (Å²) in [5.74, 6) is 0.348. The summed E-state index contributed by atoms with van der Waals surface area (Å²) in [6.07, 6.45) is 5.76. The molecule has 6 nitrogen and oxygen atoms in total. The second-order valence-electron chi connectivity index (χ2n) is 10.7. The van der Waals surface area contributed by atoms with Gasteiger partial charge in [0, 0.05) is 57.0 Å². The number of halogens is 1. The van der Waals surface area contributed by atoms with Crippen LogP contribution >= 0.6 is 11.3 Å². The SMILES string of the molecule is CCCN(Cc1ccc(-c2cc3nccc(Oc4ccc(CC5=Nc6cc(C)ccc6C5)cc4F)c3s2)nc1)C(C)=O. The normalized spacial score (nSPS) is 12.3. The van der Waals surface area contributed by atoms with Crippen LogP contribution in [0.25, 0.3) is 20.8 Å². The monoisotopic (exact) mass is 578 g/mol. The van der Waals surface area contributed by atoms with Crippen LogP contribution in [0.15, 0.2) is 78.0 Å². The molecule has 0 spiro atoms. The largest absolute Gasteiger partial charge is 0.453 e. The summed E-state index contributed by atoms with van der Waals surface area (Å²) in [6, 6.07) is 19.1. The van der Waals surface area contributed by atoms with Crippen molar-refractivity contribution in [3.63, 3.8) is 0 Å². The lowest BCUT2D eigenvalue weighted by molar-refractivity contribution is -0.129. The van der Waals surface area contributed by atoms with Gasteiger partial charge in [-0.2, -0.15) is 0 Å². The molecule has 1 amide bonds. The average Bonchev–Trinajstić information content (AvgIpc) is 3.58. The fourth-order valence-corrected chi connectivity index (χ4v) is 6.22. The molecule has 42 heavy (non-hydrogen) atoms. The molecule has 1 aliphatic rings. The Morgan fingerprint density at radius 3 is 2.64 bits per heavy atom. The van der Waals surface area contributed by atoms with Crippen LogP contribution in [0.2, 0.25) is 0 Å². The molecular weight excluding hydrogens is 547 g/mol. The van der Waals surface area contributed by atoms with E-state index in [1.807, 2.05) is 35.4 Å². The molecule has 1 aliphatic heterocycles. The Hall–Kier alpha value is -4.43. The molecule has 0 atom stereocenters. The number of carbonyl (C=O) groups is 1. The molecule has 3 aromatic heterocycles. The summed E-state index contributed by atoms with van der Waals surface area (Å²) in [4.78, 5) is 28.6. The van der Waals surface area contributed by atoms with Crippen molar-refractivity contribution in [2.45, 2.75) is 46.6 Å². The van der Waals surface area contributed by atoms with Crippen LogP contribution < -0.4 is 4.74 Å². The van der Waals surface area contributed by atoms with E-state index < -0.39 is 5.82 Å². The van der Waals surface area contributed by atoms with Crippen LogP contribution in [0.4, 0.5) is 10.1 Å². The number of rotatable bonds is 9. The highest BCUT2D eigenvalue weighted by molar-refractivity contribution is 7.22. The summed E-state index contributed by atoms with van der Waals surface area (Å²) in [5.41, 5.74) is 7.84. The van der Waals surface area contributed by atoms with E-state index in [9.17, 15) is 4.79 Å². The Morgan fingerprint density at radius 1 is 1.02 bits per heavy atom. The molecule has 0 radical (unpaired) electrons. The maximum absolute atomic E-state index is 15.2. The van der Waals surface area contributed by atoms with E-state index in [-0.39, 0.29) is 11.7 Å². The second-order valence-corrected chi connectivity index (χ2v) is 11.7. The number of benzene rings is 2. The molecule has 5 aromatic rings. The summed E-state index contributed by atoms with van der Waals surface area (Å²) >= 11 is 1.50. The van der Waals surface area contributed by atoms with Gasteiger partial charge in [-0.15, -0.1) is 11.3 Å². The van der Waals surface area contributed by atoms with Gasteiger partial charge >= 0.3 is 0 Å². The minimum Gasteiger partial charge on any atom is -0.453 e. The minimum atomic E-state index is -0.416. The number of amides is 1. The standard InChI is InChI=1S/C34H31FN4O2S/c1-4-13-39(22(3)40)20-24-6-9-28(37-19-24)33-18-30-34(42-33)32(11-12-36-30)41-31-10-7-23(16-27(31)35)15-26-17-25-8-5-21(2)14-29(25)38-26/h5-12,14,16,18-19H,4,13,15,17,20H2,1-3H3. The van der Waals surface area contributed by atoms with Crippen molar-refractivity contribution >= 4 is 38.9 Å². The van der Waals surface area contributed by atoms with E-state index in [0.717, 1.165) is 62.7 Å². The number of ether oxygens (including phenoxy) is 1. The van der Waals surface area contributed by atoms with Gasteiger partial charge in [0.25, 0.3) is 0 Å². The molecule has 0 aliphatic carbocycles. The zero-order valence-corrected chi connectivity index (χ0v) is 24.7. The number of fused-ring (bicyclic) bond motifs is 2. The van der Waals surface area contributed by atoms with Crippen molar-refractivity contribution in [1.29, 1.82) is 0 Å². The zero-order chi connectivity index (χ0) is 29.2. The minimum absolute atomic E-state index is 0.0550. The number of aryl methyl sites for hydroxylation is 1. The molecule has 0 fully saturated rings. The number of hydrogen-bond donors (Lipinski definition) is 0. The third-order valence-corrected chi connectivity index (χ3v) is 8.46. The van der Waals surface area contributed by atoms with E-state index in [1.165, 1.54) is 28.5 Å². The molecule has 0 saturated heterocycles. The zero-order valence-electron chi connectivity index (χ0n) is 23.9. The first-order valence-electron chi connectivity index (χ1n) is 14.1. The lowest BCUT2D eigenvalue weighted by Crippen LogP contribution is -2.28. The van der Waals surface area contributed by atoms with Crippen LogP contribution in [-0.2, 0) is 24.2 Å². The number of nitrogens with zero attached hydrogens (tertiary/aromatic N) is 4. The molecule has 0 saturated carbocycles. The molecule has 2 aromatic carbocycles. The van der Waals surface area contributed by atoms with Crippen molar-refractivity contribution in [2.75, 3.05) is 6.54 Å². The van der Waals surface area contributed by atoms with Crippen molar-refractivity contribution in [3.8, 4) is 22.1 Å². The van der Waals surface area contributed by atoms with Gasteiger partial charge in [-0.05, 0) is 65.9 Å². The quantitative estimate of drug-likeness (QED) is 0.177. The van der Waals surface area contributed by atoms with Crippen molar-refractivity contribution < 1.29 is 13.9 Å². The van der Waals surface area contributed by atoms with Gasteiger partial charge in [0.2, 0.25) is 5.91 Å². The van der Waals surface area contributed by atoms with Crippen LogP contribution in [0, 0.1) is 12.7 Å². The van der Waals surface area contributed by atoms with Crippen LogP contribution in [0.3, 0.4) is 0 Å². The maximum atomic E-state index is 15.2. The van der Waals surface area contributed by atoms with Crippen LogP contribution in [-0.4, -0.2) is 33.0 Å². The Balaban J connectivity index is 1.17. The number of hydrogen-bond acceptors (Lipinski definition) is 6. The molecule has 4 heterocycles. The fraction of sp³-hybridized carbons (Fsp3) is 0.235. The predicted molar refractivity (Wildman–Crippen MR) is 166 cm³/mol. The first kappa shape index (κ1) is 27.7. The third kappa shape index (κ3) is 5.94. The highest BCUT2D eigenvalue weighted by Gasteiger charge is 2.17. The van der Waals surface area contributed by atoms with Gasteiger partial charge in [-0.3, -0.25) is 19.8 Å². The second kappa shape index (κ2) is 11.8. The Labute approximate surface area is 248 Å². The molecule has 0 N–H and O–H groups in total. The molecule has 0 unspecified atom stereocenters. The van der Waals surface area contributed by atoms with Gasteiger partial charge in [0.1, 0.15) is 5.75 Å². The number of aromatic nitrogens is 2. The number of carbonyl (C=O) groups excluding carboxylic acids is 1. The maximum Gasteiger partial charge on any atom is 0.219 e. The van der Waals surface area contributed by atoms with Gasteiger partial charge in [0.05, 0.1) is 26.5 Å². The molecule has 212 valence electrons. The van der Waals surface area contributed by atoms with Gasteiger partial charge in [-0.1, -0.05) is 31.2 Å². The summed E-state index contributed by atoms with van der Waals surface area (Å²) in [5, 5.41) is 0. The smallest absolute Gasteiger partial charge is 0.219 e. The molecule has 6 rings (SSSR count). The summed E-state index contributed by atoms with van der Waals surface area (Å²) in [7, 11) is 0. The summed E-state index contributed by atoms with van der Waals surface area (Å²) in [6.45, 7) is 6.96. The van der Waals surface area contributed by atoms with Crippen LogP contribution in [0.1, 0.15) is 42.5 Å².